The van der Waals surface area contributed by atoms with Crippen LogP contribution < -0.4 is 5.73 Å². The average molecular weight is 289 g/mol. The first kappa shape index (κ1) is 14.9. The first-order chi connectivity index (χ1) is 10.0. The molecule has 0 bridgehead atoms. The minimum atomic E-state index is -0.265. The van der Waals surface area contributed by atoms with Crippen LogP contribution in [0.5, 0.6) is 0 Å². The van der Waals surface area contributed by atoms with Gasteiger partial charge in [-0.25, -0.2) is 0 Å². The summed E-state index contributed by atoms with van der Waals surface area (Å²) in [5.74, 6) is -0.352. The number of hydrogen-bond acceptors (Lipinski definition) is 4. The monoisotopic (exact) mass is 289 g/mol. The van der Waals surface area contributed by atoms with Crippen LogP contribution in [0, 0.1) is 0 Å². The van der Waals surface area contributed by atoms with Crippen molar-refractivity contribution in [1.82, 2.24) is 9.88 Å². The maximum atomic E-state index is 12.4. The van der Waals surface area contributed by atoms with Gasteiger partial charge >= 0.3 is 5.97 Å². The number of fused-ring (bicyclic) bond motifs is 1. The quantitative estimate of drug-likeness (QED) is 0.648. The van der Waals surface area contributed by atoms with Crippen LogP contribution >= 0.6 is 0 Å². The molecule has 0 spiro atoms. The SMILES string of the molecule is COC(=O)CCCN(C)C(=O)c1c[nH]c2cc(N)ccc12. The van der Waals surface area contributed by atoms with Gasteiger partial charge in [-0.3, -0.25) is 9.59 Å². The lowest BCUT2D eigenvalue weighted by molar-refractivity contribution is -0.140. The Hall–Kier alpha value is -2.50. The van der Waals surface area contributed by atoms with Crippen molar-refractivity contribution in [3.8, 4) is 0 Å². The summed E-state index contributed by atoms with van der Waals surface area (Å²) >= 11 is 0. The molecule has 3 N–H and O–H groups in total. The number of aromatic nitrogens is 1. The van der Waals surface area contributed by atoms with Crippen molar-refractivity contribution in [2.24, 2.45) is 0 Å². The number of H-pyrrole nitrogens is 1. The maximum Gasteiger partial charge on any atom is 0.305 e. The first-order valence-corrected chi connectivity index (χ1v) is 6.72. The van der Waals surface area contributed by atoms with Gasteiger partial charge in [0.05, 0.1) is 12.7 Å². The Bertz CT molecular complexity index is 663. The summed E-state index contributed by atoms with van der Waals surface area (Å²) in [4.78, 5) is 28.1. The van der Waals surface area contributed by atoms with Gasteiger partial charge in [-0.1, -0.05) is 0 Å². The number of carbonyl (C=O) groups excluding carboxylic acids is 2. The van der Waals surface area contributed by atoms with Crippen LogP contribution in [0.4, 0.5) is 5.69 Å². The Morgan fingerprint density at radius 1 is 1.38 bits per heavy atom. The van der Waals surface area contributed by atoms with E-state index in [-0.39, 0.29) is 11.9 Å². The second-order valence-corrected chi connectivity index (χ2v) is 4.91. The van der Waals surface area contributed by atoms with E-state index in [9.17, 15) is 9.59 Å². The Balaban J connectivity index is 2.05. The van der Waals surface area contributed by atoms with Gasteiger partial charge in [0.1, 0.15) is 0 Å². The van der Waals surface area contributed by atoms with Gasteiger partial charge < -0.3 is 20.4 Å². The molecule has 0 unspecified atom stereocenters. The summed E-state index contributed by atoms with van der Waals surface area (Å²) in [6.07, 6.45) is 2.56. The van der Waals surface area contributed by atoms with Crippen LogP contribution in [0.3, 0.4) is 0 Å². The molecule has 21 heavy (non-hydrogen) atoms. The van der Waals surface area contributed by atoms with E-state index in [0.29, 0.717) is 30.6 Å². The Labute approximate surface area is 122 Å². The number of hydrogen-bond donors (Lipinski definition) is 2. The summed E-state index contributed by atoms with van der Waals surface area (Å²) in [7, 11) is 3.07. The van der Waals surface area contributed by atoms with E-state index in [1.165, 1.54) is 7.11 Å². The topological polar surface area (TPSA) is 88.4 Å². The third-order valence-electron chi connectivity index (χ3n) is 3.39. The molecule has 0 saturated heterocycles. The molecule has 1 aromatic carbocycles. The van der Waals surface area contributed by atoms with E-state index in [1.807, 2.05) is 6.07 Å². The molecule has 0 atom stereocenters. The van der Waals surface area contributed by atoms with E-state index in [4.69, 9.17) is 5.73 Å². The van der Waals surface area contributed by atoms with Crippen molar-refractivity contribution in [1.29, 1.82) is 0 Å². The summed E-state index contributed by atoms with van der Waals surface area (Å²) < 4.78 is 4.57. The summed E-state index contributed by atoms with van der Waals surface area (Å²) in [5.41, 5.74) is 7.80. The number of nitrogens with zero attached hydrogens (tertiary/aromatic N) is 1. The molecular weight excluding hydrogens is 270 g/mol. The van der Waals surface area contributed by atoms with Crippen LogP contribution in [0.15, 0.2) is 24.4 Å². The number of aromatic amines is 1. The third-order valence-corrected chi connectivity index (χ3v) is 3.39. The maximum absolute atomic E-state index is 12.4. The summed E-state index contributed by atoms with van der Waals surface area (Å²) in [5, 5.41) is 0.842. The summed E-state index contributed by atoms with van der Waals surface area (Å²) in [6, 6.07) is 5.39. The Morgan fingerprint density at radius 2 is 2.14 bits per heavy atom. The number of ether oxygens (including phenoxy) is 1. The van der Waals surface area contributed by atoms with Crippen molar-refractivity contribution in [3.05, 3.63) is 30.0 Å². The molecule has 1 amide bonds. The van der Waals surface area contributed by atoms with E-state index in [0.717, 1.165) is 10.9 Å². The summed E-state index contributed by atoms with van der Waals surface area (Å²) in [6.45, 7) is 0.496. The highest BCUT2D eigenvalue weighted by molar-refractivity contribution is 6.07. The molecule has 1 aromatic heterocycles. The Morgan fingerprint density at radius 3 is 2.86 bits per heavy atom. The average Bonchev–Trinajstić information content (AvgIpc) is 2.88. The smallest absolute Gasteiger partial charge is 0.305 e. The zero-order valence-electron chi connectivity index (χ0n) is 12.2. The molecule has 2 aromatic rings. The predicted molar refractivity (Wildman–Crippen MR) is 80.9 cm³/mol. The zero-order chi connectivity index (χ0) is 15.4. The van der Waals surface area contributed by atoms with Gasteiger partial charge in [0.25, 0.3) is 5.91 Å². The van der Waals surface area contributed by atoms with E-state index in [1.54, 1.807) is 30.3 Å². The minimum Gasteiger partial charge on any atom is -0.469 e. The van der Waals surface area contributed by atoms with Gasteiger partial charge in [-0.2, -0.15) is 0 Å². The molecule has 1 heterocycles. The number of methoxy groups -OCH3 is 1. The molecule has 6 nitrogen and oxygen atoms in total. The van der Waals surface area contributed by atoms with Crippen molar-refractivity contribution in [3.63, 3.8) is 0 Å². The normalized spacial score (nSPS) is 10.6. The van der Waals surface area contributed by atoms with Crippen molar-refractivity contribution < 1.29 is 14.3 Å². The zero-order valence-corrected chi connectivity index (χ0v) is 12.2. The molecule has 6 heteroatoms. The fraction of sp³-hybridized carbons (Fsp3) is 0.333. The van der Waals surface area contributed by atoms with Crippen molar-refractivity contribution >= 4 is 28.5 Å². The van der Waals surface area contributed by atoms with E-state index >= 15 is 0 Å². The number of benzene rings is 1. The lowest BCUT2D eigenvalue weighted by Crippen LogP contribution is -2.28. The Kier molecular flexibility index (Phi) is 4.47. The molecule has 2 rings (SSSR count). The number of nitrogens with one attached hydrogen (secondary N) is 1. The number of rotatable bonds is 5. The lowest BCUT2D eigenvalue weighted by atomic mass is 10.1. The molecule has 112 valence electrons. The molecule has 0 radical (unpaired) electrons. The largest absolute Gasteiger partial charge is 0.469 e. The molecule has 0 aliphatic rings. The van der Waals surface area contributed by atoms with Gasteiger partial charge in [0.15, 0.2) is 0 Å². The number of esters is 1. The van der Waals surface area contributed by atoms with Gasteiger partial charge in [0, 0.05) is 42.8 Å². The number of anilines is 1. The third kappa shape index (κ3) is 3.34. The first-order valence-electron chi connectivity index (χ1n) is 6.72. The van der Waals surface area contributed by atoms with Crippen LogP contribution in [0.25, 0.3) is 10.9 Å². The number of carbonyl (C=O) groups is 2. The van der Waals surface area contributed by atoms with Crippen LogP contribution in [0.1, 0.15) is 23.2 Å². The minimum absolute atomic E-state index is 0.0871. The van der Waals surface area contributed by atoms with E-state index < -0.39 is 0 Å². The highest BCUT2D eigenvalue weighted by Gasteiger charge is 2.16. The number of amides is 1. The van der Waals surface area contributed by atoms with Gasteiger partial charge in [-0.15, -0.1) is 0 Å². The van der Waals surface area contributed by atoms with Crippen molar-refractivity contribution in [2.45, 2.75) is 12.8 Å². The van der Waals surface area contributed by atoms with Crippen molar-refractivity contribution in [2.75, 3.05) is 26.4 Å². The highest BCUT2D eigenvalue weighted by Crippen LogP contribution is 2.21. The second-order valence-electron chi connectivity index (χ2n) is 4.91. The van der Waals surface area contributed by atoms with E-state index in [2.05, 4.69) is 9.72 Å². The molecule has 0 saturated carbocycles. The van der Waals surface area contributed by atoms with Crippen LogP contribution in [-0.4, -0.2) is 42.5 Å². The standard InChI is InChI=1S/C15H19N3O3/c1-18(7-3-4-14(19)21-2)15(20)12-9-17-13-8-10(16)5-6-11(12)13/h5-6,8-9,17H,3-4,7,16H2,1-2H3. The second kappa shape index (κ2) is 6.30. The lowest BCUT2D eigenvalue weighted by Gasteiger charge is -2.16. The number of nitrogens with two attached hydrogens (primary N) is 1. The number of nitrogen functional groups attached to an aromatic ring is 1. The molecule has 0 aliphatic heterocycles. The fourth-order valence-electron chi connectivity index (χ4n) is 2.19. The molecular formula is C15H19N3O3. The van der Waals surface area contributed by atoms with Crippen LogP contribution in [-0.2, 0) is 9.53 Å². The highest BCUT2D eigenvalue weighted by atomic mass is 16.5. The van der Waals surface area contributed by atoms with Crippen LogP contribution in [0.2, 0.25) is 0 Å². The fourth-order valence-corrected chi connectivity index (χ4v) is 2.19. The van der Waals surface area contributed by atoms with Gasteiger partial charge in [-0.05, 0) is 24.6 Å². The van der Waals surface area contributed by atoms with Gasteiger partial charge in [0.2, 0.25) is 0 Å². The predicted octanol–water partition coefficient (Wildman–Crippen LogP) is 1.78. The molecule has 0 fully saturated rings. The molecule has 0 aliphatic carbocycles.